The third kappa shape index (κ3) is 2.39. The summed E-state index contributed by atoms with van der Waals surface area (Å²) in [5, 5.41) is 0.307. The molecule has 0 radical (unpaired) electrons. The van der Waals surface area contributed by atoms with Crippen LogP contribution < -0.4 is 17.6 Å². The molecular weight excluding hydrogens is 118 g/mol. The summed E-state index contributed by atoms with van der Waals surface area (Å²) in [6.45, 7) is 0. The second-order valence-electron chi connectivity index (χ2n) is 0.907. The Kier molecular flexibility index (Phi) is 2.24. The fourth-order valence-electron chi connectivity index (χ4n) is 0.0713. The lowest BCUT2D eigenvalue weighted by atomic mass is 12.2. The van der Waals surface area contributed by atoms with Crippen LogP contribution >= 0.6 is 0 Å². The molecule has 0 unspecified atom stereocenters. The van der Waals surface area contributed by atoms with E-state index in [0.717, 1.165) is 0 Å². The van der Waals surface area contributed by atoms with E-state index in [1.807, 2.05) is 5.34 Å². The van der Waals surface area contributed by atoms with Crippen molar-refractivity contribution in [1.82, 2.24) is 0 Å². The van der Waals surface area contributed by atoms with E-state index >= 15 is 0 Å². The third-order valence-electron chi connectivity index (χ3n) is 0.326. The van der Waals surface area contributed by atoms with Crippen molar-refractivity contribution >= 4 is 0 Å². The Bertz CT molecular complexity index is 77.7. The van der Waals surface area contributed by atoms with E-state index in [1.165, 1.54) is 0 Å². The second kappa shape index (κ2) is 2.49. The molecule has 0 aliphatic heterocycles. The molecule has 6 N–H and O–H groups in total. The smallest absolute Gasteiger partial charge is 0.151 e. The predicted octanol–water partition coefficient (Wildman–Crippen LogP) is -2.03. The summed E-state index contributed by atoms with van der Waals surface area (Å²) in [5.41, 5.74) is 0. The maximum Gasteiger partial charge on any atom is 0.222 e. The zero-order chi connectivity index (χ0) is 6.62. The quantitative estimate of drug-likeness (QED) is 0.172. The molecule has 8 heavy (non-hydrogen) atoms. The molecule has 0 saturated heterocycles. The van der Waals surface area contributed by atoms with Crippen LogP contribution in [0.1, 0.15) is 0 Å². The van der Waals surface area contributed by atoms with Gasteiger partial charge in [-0.25, -0.2) is 0 Å². The molecule has 0 aromatic heterocycles. The first-order valence-electron chi connectivity index (χ1n) is 1.48. The zero-order valence-electron chi connectivity index (χ0n) is 3.85. The highest BCUT2D eigenvalue weighted by Crippen LogP contribution is 1.85. The van der Waals surface area contributed by atoms with Gasteiger partial charge in [0.2, 0.25) is 5.34 Å². The molecule has 0 spiro atoms. The Balaban J connectivity index is 3.53. The summed E-state index contributed by atoms with van der Waals surface area (Å²) in [4.78, 5) is 16.4. The van der Waals surface area contributed by atoms with Crippen molar-refractivity contribution in [1.29, 1.82) is 0 Å². The first-order valence-corrected chi connectivity index (χ1v) is 1.48. The highest BCUT2D eigenvalue weighted by Gasteiger charge is 2.21. The third-order valence-corrected chi connectivity index (χ3v) is 0.326. The van der Waals surface area contributed by atoms with Gasteiger partial charge in [-0.15, -0.1) is 4.91 Å². The standard InChI is InChI=1S/H6N5O3/c1-5(2,7-3)8-4-6/h1-3H2/q+1. The second-order valence-corrected chi connectivity index (χ2v) is 0.907. The van der Waals surface area contributed by atoms with Crippen LogP contribution in [-0.4, -0.2) is 5.03 Å². The van der Waals surface area contributed by atoms with Gasteiger partial charge in [0.25, 0.3) is 0 Å². The molecule has 8 nitrogen and oxygen atoms in total. The van der Waals surface area contributed by atoms with Crippen LogP contribution in [0, 0.1) is 4.91 Å². The lowest BCUT2D eigenvalue weighted by Gasteiger charge is -2.09. The number of quaternary nitrogens is 1. The van der Waals surface area contributed by atoms with Gasteiger partial charge in [0.05, 0.1) is 0 Å². The van der Waals surface area contributed by atoms with Crippen LogP contribution in [-0.2, 0) is 9.88 Å². The van der Waals surface area contributed by atoms with E-state index in [9.17, 15) is 4.91 Å². The van der Waals surface area contributed by atoms with Crippen molar-refractivity contribution in [2.75, 3.05) is 0 Å². The van der Waals surface area contributed by atoms with Crippen LogP contribution in [0.5, 0.6) is 0 Å². The van der Waals surface area contributed by atoms with Crippen molar-refractivity contribution in [3.8, 4) is 0 Å². The Labute approximate surface area is 44.0 Å². The van der Waals surface area contributed by atoms with Gasteiger partial charge in [-0.1, -0.05) is 16.6 Å². The van der Waals surface area contributed by atoms with Crippen molar-refractivity contribution in [2.24, 2.45) is 22.9 Å². The summed E-state index contributed by atoms with van der Waals surface area (Å²) in [5.74, 6) is 13.7. The Morgan fingerprint density at radius 2 is 2.00 bits per heavy atom. The van der Waals surface area contributed by atoms with Gasteiger partial charge in [0.1, 0.15) is 0 Å². The van der Waals surface area contributed by atoms with E-state index < -0.39 is 5.03 Å². The van der Waals surface area contributed by atoms with E-state index in [2.05, 4.69) is 27.5 Å². The van der Waals surface area contributed by atoms with Gasteiger partial charge in [-0.05, 0) is 4.94 Å². The molecule has 0 rings (SSSR count). The molecule has 0 fully saturated rings. The molecular formula is H6N5O3+. The van der Waals surface area contributed by atoms with Gasteiger partial charge in [0.15, 0.2) is 5.03 Å². The molecule has 0 heterocycles. The average molecular weight is 124 g/mol. The predicted molar refractivity (Wildman–Crippen MR) is 20.8 cm³/mol. The zero-order valence-corrected chi connectivity index (χ0v) is 3.85. The summed E-state index contributed by atoms with van der Waals surface area (Å²) in [6, 6.07) is 0. The van der Waals surface area contributed by atoms with Crippen LogP contribution in [0.2, 0.25) is 0 Å². The molecule has 0 bridgehead atoms. The van der Waals surface area contributed by atoms with Gasteiger partial charge in [0, 0.05) is 0 Å². The van der Waals surface area contributed by atoms with E-state index in [4.69, 9.17) is 0 Å². The first-order chi connectivity index (χ1) is 3.62. The summed E-state index contributed by atoms with van der Waals surface area (Å²) >= 11 is 0. The minimum Gasteiger partial charge on any atom is -0.151 e. The minimum atomic E-state index is -1.54. The van der Waals surface area contributed by atoms with Crippen molar-refractivity contribution in [3.63, 3.8) is 0 Å². The Morgan fingerprint density at radius 1 is 1.50 bits per heavy atom. The SMILES string of the molecule is NO[N+](N)(N)ON=O. The molecule has 0 saturated carbocycles. The molecule has 0 atom stereocenters. The monoisotopic (exact) mass is 124 g/mol. The molecule has 8 heteroatoms. The average Bonchev–Trinajstić information content (AvgIpc) is 1.67. The van der Waals surface area contributed by atoms with Crippen molar-refractivity contribution in [2.45, 2.75) is 0 Å². The number of hydrogen-bond acceptors (Lipinski definition) is 7. The van der Waals surface area contributed by atoms with Gasteiger partial charge in [-0.2, -0.15) is 5.90 Å². The molecule has 0 amide bonds. The first kappa shape index (κ1) is 7.20. The van der Waals surface area contributed by atoms with Crippen LogP contribution in [0.15, 0.2) is 5.34 Å². The van der Waals surface area contributed by atoms with Crippen LogP contribution in [0.3, 0.4) is 0 Å². The van der Waals surface area contributed by atoms with Crippen molar-refractivity contribution < 1.29 is 14.9 Å². The maximum atomic E-state index is 9.20. The number of hydrogen-bond donors (Lipinski definition) is 3. The normalized spacial score (nSPS) is 10.9. The van der Waals surface area contributed by atoms with Gasteiger partial charge in [-0.3, -0.25) is 0 Å². The Morgan fingerprint density at radius 3 is 2.12 bits per heavy atom. The van der Waals surface area contributed by atoms with Crippen molar-refractivity contribution in [3.05, 3.63) is 4.91 Å². The molecule has 0 aliphatic rings. The highest BCUT2D eigenvalue weighted by atomic mass is 17.1. The summed E-state index contributed by atoms with van der Waals surface area (Å²) < 4.78 is 0. The van der Waals surface area contributed by atoms with Crippen LogP contribution in [0.25, 0.3) is 0 Å². The van der Waals surface area contributed by atoms with E-state index in [-0.39, 0.29) is 0 Å². The summed E-state index contributed by atoms with van der Waals surface area (Å²) in [6.07, 6.45) is 0. The molecule has 48 valence electrons. The molecule has 0 aromatic rings. The molecule has 0 aromatic carbocycles. The highest BCUT2D eigenvalue weighted by molar-refractivity contribution is 3.87. The summed E-state index contributed by atoms with van der Waals surface area (Å²) in [7, 11) is 0. The van der Waals surface area contributed by atoms with Gasteiger partial charge < -0.3 is 0 Å². The van der Waals surface area contributed by atoms with E-state index in [0.29, 0.717) is 0 Å². The maximum absolute atomic E-state index is 9.20. The van der Waals surface area contributed by atoms with Gasteiger partial charge >= 0.3 is 0 Å². The van der Waals surface area contributed by atoms with Crippen LogP contribution in [0.4, 0.5) is 0 Å². The Hall–Kier alpha value is -0.800. The number of rotatable bonds is 3. The lowest BCUT2D eigenvalue weighted by Crippen LogP contribution is -2.60. The number of nitrogens with zero attached hydrogens (tertiary/aromatic N) is 2. The fourth-order valence-corrected chi connectivity index (χ4v) is 0.0713. The van der Waals surface area contributed by atoms with E-state index in [1.54, 1.807) is 0 Å². The fraction of sp³-hybridized carbons (Fsp3) is 0. The molecule has 0 aliphatic carbocycles. The topological polar surface area (TPSA) is 126 Å². The number of nitrogens with two attached hydrogens (primary N) is 3. The minimum absolute atomic E-state index is 1.54. The lowest BCUT2D eigenvalue weighted by molar-refractivity contribution is -1.27. The largest absolute Gasteiger partial charge is 0.222 e.